The molecule has 1 aliphatic heterocycles. The number of rotatable bonds is 3. The summed E-state index contributed by atoms with van der Waals surface area (Å²) >= 11 is 0. The average molecular weight is 204 g/mol. The molecule has 0 amide bonds. The minimum atomic E-state index is 0.685. The molecular weight excluding hydrogens is 184 g/mol. The predicted octanol–water partition coefficient (Wildman–Crippen LogP) is 1.38. The summed E-state index contributed by atoms with van der Waals surface area (Å²) in [6.45, 7) is 2.28. The van der Waals surface area contributed by atoms with Gasteiger partial charge in [-0.3, -0.25) is 0 Å². The molecule has 0 radical (unpaired) electrons. The lowest BCUT2D eigenvalue weighted by atomic mass is 9.94. The SMILES string of the molecule is CN(C)[C@H]1CNC[C@@H]1Cc1ccccc1. The fourth-order valence-electron chi connectivity index (χ4n) is 2.45. The first kappa shape index (κ1) is 10.7. The van der Waals surface area contributed by atoms with E-state index in [1.165, 1.54) is 12.0 Å². The third-order valence-corrected chi connectivity index (χ3v) is 3.31. The second-order valence-electron chi connectivity index (χ2n) is 4.64. The van der Waals surface area contributed by atoms with Gasteiger partial charge >= 0.3 is 0 Å². The molecule has 0 unspecified atom stereocenters. The summed E-state index contributed by atoms with van der Waals surface area (Å²) in [5.74, 6) is 0.752. The van der Waals surface area contributed by atoms with E-state index in [0.29, 0.717) is 6.04 Å². The predicted molar refractivity (Wildman–Crippen MR) is 64.0 cm³/mol. The standard InChI is InChI=1S/C13H20N2/c1-15(2)13-10-14-9-12(13)8-11-6-4-3-5-7-11/h3-7,12-14H,8-10H2,1-2H3/t12-,13-/m0/s1. The lowest BCUT2D eigenvalue weighted by Crippen LogP contribution is -2.35. The van der Waals surface area contributed by atoms with Crippen molar-refractivity contribution in [1.82, 2.24) is 10.2 Å². The number of hydrogen-bond donors (Lipinski definition) is 1. The van der Waals surface area contributed by atoms with E-state index >= 15 is 0 Å². The maximum Gasteiger partial charge on any atom is 0.0258 e. The molecule has 1 heterocycles. The van der Waals surface area contributed by atoms with E-state index in [1.54, 1.807) is 0 Å². The first-order chi connectivity index (χ1) is 7.27. The molecule has 2 nitrogen and oxygen atoms in total. The monoisotopic (exact) mass is 204 g/mol. The molecule has 2 atom stereocenters. The molecule has 0 spiro atoms. The van der Waals surface area contributed by atoms with Gasteiger partial charge in [-0.2, -0.15) is 0 Å². The van der Waals surface area contributed by atoms with Gasteiger partial charge in [-0.1, -0.05) is 30.3 Å². The van der Waals surface area contributed by atoms with Gasteiger partial charge in [0.15, 0.2) is 0 Å². The van der Waals surface area contributed by atoms with Crippen LogP contribution >= 0.6 is 0 Å². The third-order valence-electron chi connectivity index (χ3n) is 3.31. The molecule has 15 heavy (non-hydrogen) atoms. The molecule has 2 heteroatoms. The van der Waals surface area contributed by atoms with Crippen molar-refractivity contribution in [1.29, 1.82) is 0 Å². The Morgan fingerprint density at radius 1 is 1.20 bits per heavy atom. The van der Waals surface area contributed by atoms with Gasteiger partial charge in [-0.25, -0.2) is 0 Å². The molecule has 0 aliphatic carbocycles. The highest BCUT2D eigenvalue weighted by Gasteiger charge is 2.28. The molecule has 0 aromatic heterocycles. The zero-order valence-electron chi connectivity index (χ0n) is 9.61. The molecule has 1 aromatic rings. The van der Waals surface area contributed by atoms with Crippen LogP contribution in [0, 0.1) is 5.92 Å². The van der Waals surface area contributed by atoms with Crippen LogP contribution in [-0.2, 0) is 6.42 Å². The molecule has 0 bridgehead atoms. The van der Waals surface area contributed by atoms with Crippen molar-refractivity contribution in [2.24, 2.45) is 5.92 Å². The highest BCUT2D eigenvalue weighted by atomic mass is 15.2. The lowest BCUT2D eigenvalue weighted by Gasteiger charge is -2.25. The summed E-state index contributed by atoms with van der Waals surface area (Å²) in [7, 11) is 4.35. The van der Waals surface area contributed by atoms with Crippen LogP contribution in [0.4, 0.5) is 0 Å². The summed E-state index contributed by atoms with van der Waals surface area (Å²) in [5.41, 5.74) is 1.46. The molecule has 82 valence electrons. The van der Waals surface area contributed by atoms with E-state index in [0.717, 1.165) is 19.0 Å². The van der Waals surface area contributed by atoms with Crippen LogP contribution in [0.1, 0.15) is 5.56 Å². The maximum absolute atomic E-state index is 3.48. The molecule has 1 saturated heterocycles. The average Bonchev–Trinajstić information content (AvgIpc) is 2.67. The highest BCUT2D eigenvalue weighted by Crippen LogP contribution is 2.18. The van der Waals surface area contributed by atoms with Crippen molar-refractivity contribution in [3.63, 3.8) is 0 Å². The Kier molecular flexibility index (Phi) is 3.39. The van der Waals surface area contributed by atoms with E-state index in [4.69, 9.17) is 0 Å². The van der Waals surface area contributed by atoms with Crippen molar-refractivity contribution in [2.45, 2.75) is 12.5 Å². The second-order valence-corrected chi connectivity index (χ2v) is 4.64. The lowest BCUT2D eigenvalue weighted by molar-refractivity contribution is 0.254. The summed E-state index contributed by atoms with van der Waals surface area (Å²) in [6.07, 6.45) is 1.19. The molecule has 1 aliphatic rings. The van der Waals surface area contributed by atoms with Gasteiger partial charge in [-0.15, -0.1) is 0 Å². The number of hydrogen-bond acceptors (Lipinski definition) is 2. The van der Waals surface area contributed by atoms with E-state index < -0.39 is 0 Å². The Morgan fingerprint density at radius 3 is 2.60 bits per heavy atom. The van der Waals surface area contributed by atoms with E-state index in [9.17, 15) is 0 Å². The van der Waals surface area contributed by atoms with Crippen LogP contribution in [0.15, 0.2) is 30.3 Å². The fourth-order valence-corrected chi connectivity index (χ4v) is 2.45. The number of nitrogens with one attached hydrogen (secondary N) is 1. The Balaban J connectivity index is 2.00. The Bertz CT molecular complexity index is 295. The van der Waals surface area contributed by atoms with Crippen LogP contribution in [0.25, 0.3) is 0 Å². The molecular formula is C13H20N2. The minimum absolute atomic E-state index is 0.685. The number of nitrogens with zero attached hydrogens (tertiary/aromatic N) is 1. The maximum atomic E-state index is 3.48. The Labute approximate surface area is 92.3 Å². The van der Waals surface area contributed by atoms with E-state index in [2.05, 4.69) is 54.6 Å². The Hall–Kier alpha value is -0.860. The van der Waals surface area contributed by atoms with Gasteiger partial charge in [0.05, 0.1) is 0 Å². The van der Waals surface area contributed by atoms with Gasteiger partial charge in [-0.05, 0) is 38.5 Å². The smallest absolute Gasteiger partial charge is 0.0258 e. The van der Waals surface area contributed by atoms with Crippen LogP contribution in [-0.4, -0.2) is 38.1 Å². The molecule has 0 saturated carbocycles. The first-order valence-electron chi connectivity index (χ1n) is 5.68. The zero-order valence-corrected chi connectivity index (χ0v) is 9.61. The van der Waals surface area contributed by atoms with Crippen LogP contribution in [0.5, 0.6) is 0 Å². The molecule has 1 fully saturated rings. The van der Waals surface area contributed by atoms with Crippen molar-refractivity contribution in [3.8, 4) is 0 Å². The number of likely N-dealkylation sites (N-methyl/N-ethyl adjacent to an activating group) is 1. The molecule has 1 N–H and O–H groups in total. The summed E-state index contributed by atoms with van der Waals surface area (Å²) in [4.78, 5) is 2.34. The molecule has 2 rings (SSSR count). The van der Waals surface area contributed by atoms with Gasteiger partial charge in [0.2, 0.25) is 0 Å². The summed E-state index contributed by atoms with van der Waals surface area (Å²) < 4.78 is 0. The van der Waals surface area contributed by atoms with Gasteiger partial charge in [0.1, 0.15) is 0 Å². The topological polar surface area (TPSA) is 15.3 Å². The van der Waals surface area contributed by atoms with E-state index in [-0.39, 0.29) is 0 Å². The van der Waals surface area contributed by atoms with Crippen molar-refractivity contribution in [3.05, 3.63) is 35.9 Å². The van der Waals surface area contributed by atoms with Crippen molar-refractivity contribution >= 4 is 0 Å². The third kappa shape index (κ3) is 2.58. The van der Waals surface area contributed by atoms with Crippen LogP contribution in [0.2, 0.25) is 0 Å². The Morgan fingerprint density at radius 2 is 1.93 bits per heavy atom. The fraction of sp³-hybridized carbons (Fsp3) is 0.538. The van der Waals surface area contributed by atoms with Crippen LogP contribution in [0.3, 0.4) is 0 Å². The van der Waals surface area contributed by atoms with Crippen molar-refractivity contribution < 1.29 is 0 Å². The quantitative estimate of drug-likeness (QED) is 0.800. The largest absolute Gasteiger partial charge is 0.315 e. The second kappa shape index (κ2) is 4.77. The minimum Gasteiger partial charge on any atom is -0.315 e. The first-order valence-corrected chi connectivity index (χ1v) is 5.68. The summed E-state index contributed by atoms with van der Waals surface area (Å²) in [5, 5.41) is 3.48. The van der Waals surface area contributed by atoms with Gasteiger partial charge < -0.3 is 10.2 Å². The van der Waals surface area contributed by atoms with E-state index in [1.807, 2.05) is 0 Å². The van der Waals surface area contributed by atoms with Crippen LogP contribution < -0.4 is 5.32 Å². The van der Waals surface area contributed by atoms with Gasteiger partial charge in [0, 0.05) is 12.6 Å². The number of benzene rings is 1. The van der Waals surface area contributed by atoms with Crippen molar-refractivity contribution in [2.75, 3.05) is 27.2 Å². The van der Waals surface area contributed by atoms with Gasteiger partial charge in [0.25, 0.3) is 0 Å². The highest BCUT2D eigenvalue weighted by molar-refractivity contribution is 5.16. The molecule has 1 aromatic carbocycles. The normalized spacial score (nSPS) is 26.1. The zero-order chi connectivity index (χ0) is 10.7. The summed E-state index contributed by atoms with van der Waals surface area (Å²) in [6, 6.07) is 11.5.